The largest absolute Gasteiger partial charge is 0.379 e. The van der Waals surface area contributed by atoms with Crippen molar-refractivity contribution in [2.45, 2.75) is 38.1 Å². The zero-order valence-electron chi connectivity index (χ0n) is 29.9. The van der Waals surface area contributed by atoms with Crippen molar-refractivity contribution in [1.82, 2.24) is 20.3 Å². The normalized spacial score (nSPS) is 15.1. The number of rotatable bonds is 24. The summed E-state index contributed by atoms with van der Waals surface area (Å²) < 4.78 is 55.7. The van der Waals surface area contributed by atoms with E-state index >= 15 is 0 Å². The van der Waals surface area contributed by atoms with E-state index in [0.29, 0.717) is 75.9 Å². The molecule has 2 aromatic rings. The van der Waals surface area contributed by atoms with Gasteiger partial charge in [-0.3, -0.25) is 9.59 Å². The molecule has 1 aliphatic heterocycles. The summed E-state index contributed by atoms with van der Waals surface area (Å²) in [6.07, 6.45) is 0. The lowest BCUT2D eigenvalue weighted by atomic mass is 9.85. The monoisotopic (exact) mass is 774 g/mol. The van der Waals surface area contributed by atoms with Crippen molar-refractivity contribution in [2.24, 2.45) is 5.41 Å². The minimum Gasteiger partial charge on any atom is -0.379 e. The molecule has 16 heteroatoms. The molecule has 2 amide bonds. The van der Waals surface area contributed by atoms with Crippen molar-refractivity contribution in [3.63, 3.8) is 0 Å². The van der Waals surface area contributed by atoms with E-state index in [0.717, 1.165) is 16.7 Å². The van der Waals surface area contributed by atoms with Crippen LogP contribution in [-0.2, 0) is 49.8 Å². The Labute approximate surface area is 312 Å². The molecule has 3 N–H and O–H groups in total. The van der Waals surface area contributed by atoms with E-state index in [4.69, 9.17) is 46.9 Å². The minimum atomic E-state index is -3.77. The lowest BCUT2D eigenvalue weighted by molar-refractivity contribution is -0.141. The number of ether oxygens (including phenoxy) is 5. The maximum absolute atomic E-state index is 13.1. The molecule has 3 rings (SSSR count). The first-order chi connectivity index (χ1) is 24.4. The molecular weight excluding hydrogens is 723 g/mol. The Bertz CT molecular complexity index is 1510. The van der Waals surface area contributed by atoms with Crippen LogP contribution in [-0.4, -0.2) is 124 Å². The molecule has 1 unspecified atom stereocenters. The fraction of sp³-hybridized carbons (Fsp3) is 0.600. The van der Waals surface area contributed by atoms with Gasteiger partial charge in [-0.2, -0.15) is 0 Å². The molecule has 51 heavy (non-hydrogen) atoms. The lowest BCUT2D eigenvalue weighted by Crippen LogP contribution is -2.49. The lowest BCUT2D eigenvalue weighted by Gasteiger charge is -2.33. The van der Waals surface area contributed by atoms with Crippen LogP contribution in [0, 0.1) is 5.41 Å². The first-order valence-corrected chi connectivity index (χ1v) is 19.3. The van der Waals surface area contributed by atoms with Gasteiger partial charge >= 0.3 is 0 Å². The van der Waals surface area contributed by atoms with Gasteiger partial charge < -0.3 is 39.2 Å². The highest BCUT2D eigenvalue weighted by Gasteiger charge is 2.35. The van der Waals surface area contributed by atoms with Crippen LogP contribution in [0.4, 0.5) is 0 Å². The van der Waals surface area contributed by atoms with Crippen LogP contribution in [0.15, 0.2) is 41.3 Å². The molecule has 0 spiro atoms. The van der Waals surface area contributed by atoms with Gasteiger partial charge in [-0.15, -0.1) is 0 Å². The molecule has 13 nitrogen and oxygen atoms in total. The Morgan fingerprint density at radius 2 is 1.37 bits per heavy atom. The van der Waals surface area contributed by atoms with Crippen LogP contribution in [0.2, 0.25) is 10.0 Å². The van der Waals surface area contributed by atoms with Crippen LogP contribution in [0.3, 0.4) is 0 Å². The molecule has 0 radical (unpaired) electrons. The average Bonchev–Trinajstić information content (AvgIpc) is 3.09. The number of sulfonamides is 1. The standard InChI is InChI=1S/C35H52Cl2N4O9S/c1-5-46-15-16-47-12-9-38-33(42)35(2,3)34(43)39-10-13-48-17-19-50-20-18-49-14-11-40-51(44,45)28-8-6-7-26(21-28)30-24-41(4)25-31-29(30)22-27(36)23-32(31)37/h6-8,21-23,30,40H,5,9-20,24-25H2,1-4H3,(H,38,42)(H,39,43). The van der Waals surface area contributed by atoms with E-state index in [9.17, 15) is 18.0 Å². The Balaban J connectivity index is 1.25. The third-order valence-corrected chi connectivity index (χ3v) is 10.1. The quantitative estimate of drug-likeness (QED) is 0.107. The molecule has 0 fully saturated rings. The topological polar surface area (TPSA) is 154 Å². The number of carbonyl (C=O) groups excluding carboxylic acids is 2. The highest BCUT2D eigenvalue weighted by atomic mass is 35.5. The van der Waals surface area contributed by atoms with Gasteiger partial charge in [0.25, 0.3) is 0 Å². The van der Waals surface area contributed by atoms with Crippen molar-refractivity contribution in [1.29, 1.82) is 0 Å². The Morgan fingerprint density at radius 3 is 1.96 bits per heavy atom. The summed E-state index contributed by atoms with van der Waals surface area (Å²) in [5.41, 5.74) is 1.62. The van der Waals surface area contributed by atoms with Crippen LogP contribution in [0.5, 0.6) is 0 Å². The molecule has 286 valence electrons. The average molecular weight is 776 g/mol. The molecule has 1 atom stereocenters. The van der Waals surface area contributed by atoms with Crippen molar-refractivity contribution in [2.75, 3.05) is 99.3 Å². The second kappa shape index (κ2) is 22.0. The van der Waals surface area contributed by atoms with Gasteiger partial charge in [-0.1, -0.05) is 35.3 Å². The van der Waals surface area contributed by atoms with Crippen molar-refractivity contribution in [3.05, 3.63) is 63.1 Å². The van der Waals surface area contributed by atoms with Gasteiger partial charge in [0.1, 0.15) is 5.41 Å². The maximum Gasteiger partial charge on any atom is 0.240 e. The Hall–Kier alpha value is -2.37. The molecule has 0 saturated carbocycles. The summed E-state index contributed by atoms with van der Waals surface area (Å²) in [5.74, 6) is -0.870. The fourth-order valence-electron chi connectivity index (χ4n) is 5.29. The molecule has 0 bridgehead atoms. The van der Waals surface area contributed by atoms with Gasteiger partial charge in [-0.05, 0) is 68.8 Å². The SMILES string of the molecule is CCOCCOCCNC(=O)C(C)(C)C(=O)NCCOCCOCCOCCNS(=O)(=O)c1cccc(C2CN(C)Cc3c(Cl)cc(Cl)cc32)c1. The van der Waals surface area contributed by atoms with Gasteiger partial charge in [0.05, 0.1) is 64.4 Å². The summed E-state index contributed by atoms with van der Waals surface area (Å²) in [6.45, 7) is 10.6. The minimum absolute atomic E-state index is 0.0789. The zero-order valence-corrected chi connectivity index (χ0v) is 32.3. The van der Waals surface area contributed by atoms with Crippen molar-refractivity contribution in [3.8, 4) is 0 Å². The number of likely N-dealkylation sites (N-methyl/N-ethyl adjacent to an activating group) is 1. The predicted octanol–water partition coefficient (Wildman–Crippen LogP) is 3.21. The number of nitrogens with zero attached hydrogens (tertiary/aromatic N) is 1. The first-order valence-electron chi connectivity index (χ1n) is 17.1. The highest BCUT2D eigenvalue weighted by Crippen LogP contribution is 2.38. The number of benzene rings is 2. The van der Waals surface area contributed by atoms with Crippen molar-refractivity contribution < 1.29 is 41.7 Å². The van der Waals surface area contributed by atoms with E-state index in [1.54, 1.807) is 38.1 Å². The number of nitrogens with one attached hydrogen (secondary N) is 3. The molecule has 0 aromatic heterocycles. The molecular formula is C35H52Cl2N4O9S. The molecule has 0 saturated heterocycles. The summed E-state index contributed by atoms with van der Waals surface area (Å²) in [7, 11) is -1.76. The second-order valence-corrected chi connectivity index (χ2v) is 15.1. The number of amides is 2. The number of carbonyl (C=O) groups is 2. The van der Waals surface area contributed by atoms with E-state index in [1.807, 2.05) is 26.1 Å². The zero-order chi connectivity index (χ0) is 37.3. The third-order valence-electron chi connectivity index (χ3n) is 8.12. The predicted molar refractivity (Wildman–Crippen MR) is 196 cm³/mol. The van der Waals surface area contributed by atoms with Crippen LogP contribution in [0.1, 0.15) is 43.4 Å². The summed E-state index contributed by atoms with van der Waals surface area (Å²) in [4.78, 5) is 27.3. The van der Waals surface area contributed by atoms with E-state index < -0.39 is 21.3 Å². The number of hydrogen-bond acceptors (Lipinski definition) is 10. The Kier molecular flexibility index (Phi) is 18.6. The molecule has 0 aliphatic carbocycles. The third kappa shape index (κ3) is 14.2. The van der Waals surface area contributed by atoms with Crippen LogP contribution >= 0.6 is 23.2 Å². The highest BCUT2D eigenvalue weighted by molar-refractivity contribution is 7.89. The number of fused-ring (bicyclic) bond motifs is 1. The first kappa shape index (κ1) is 43.0. The van der Waals surface area contributed by atoms with Gasteiger partial charge in [-0.25, -0.2) is 13.1 Å². The fourth-order valence-corrected chi connectivity index (χ4v) is 6.92. The number of hydrogen-bond donors (Lipinski definition) is 3. The molecule has 1 heterocycles. The number of halogens is 2. The summed E-state index contributed by atoms with van der Waals surface area (Å²) >= 11 is 12.8. The van der Waals surface area contributed by atoms with E-state index in [-0.39, 0.29) is 49.6 Å². The maximum atomic E-state index is 13.1. The van der Waals surface area contributed by atoms with Gasteiger partial charge in [0, 0.05) is 55.3 Å². The smallest absolute Gasteiger partial charge is 0.240 e. The van der Waals surface area contributed by atoms with Crippen LogP contribution < -0.4 is 15.4 Å². The summed E-state index contributed by atoms with van der Waals surface area (Å²) in [5, 5.41) is 6.58. The molecule has 1 aliphatic rings. The molecule has 2 aromatic carbocycles. The Morgan fingerprint density at radius 1 is 0.824 bits per heavy atom. The van der Waals surface area contributed by atoms with Gasteiger partial charge in [0.2, 0.25) is 21.8 Å². The summed E-state index contributed by atoms with van der Waals surface area (Å²) in [6, 6.07) is 10.6. The van der Waals surface area contributed by atoms with Crippen molar-refractivity contribution >= 4 is 45.0 Å². The van der Waals surface area contributed by atoms with Crippen LogP contribution in [0.25, 0.3) is 0 Å². The van der Waals surface area contributed by atoms with Gasteiger partial charge in [0.15, 0.2) is 0 Å². The second-order valence-electron chi connectivity index (χ2n) is 12.5. The van der Waals surface area contributed by atoms with E-state index in [2.05, 4.69) is 20.3 Å². The van der Waals surface area contributed by atoms with E-state index in [1.165, 1.54) is 0 Å².